The maximum absolute atomic E-state index is 11.4. The molecule has 0 unspecified atom stereocenters. The van der Waals surface area contributed by atoms with Crippen LogP contribution in [0.3, 0.4) is 0 Å². The topological polar surface area (TPSA) is 44.0 Å². The Balaban J connectivity index is 3.88. The summed E-state index contributed by atoms with van der Waals surface area (Å²) in [4.78, 5) is 22.0. The highest BCUT2D eigenvalue weighted by Gasteiger charge is 2.08. The Kier molecular flexibility index (Phi) is 2.47. The average Bonchev–Trinajstić information content (AvgIpc) is 2.13. The molecule has 0 amide bonds. The van der Waals surface area contributed by atoms with Gasteiger partial charge in [0.15, 0.2) is 11.1 Å². The SMILES string of the molecule is Cc1c(C=O)c(=O)n(C)c(=S)n1C. The molecule has 0 saturated carbocycles. The normalized spacial score (nSPS) is 10.1. The van der Waals surface area contributed by atoms with Crippen molar-refractivity contribution in [2.24, 2.45) is 14.1 Å². The Morgan fingerprint density at radius 3 is 2.31 bits per heavy atom. The maximum atomic E-state index is 11.4. The van der Waals surface area contributed by atoms with Crippen LogP contribution in [-0.4, -0.2) is 15.4 Å². The molecule has 5 heteroatoms. The number of carbonyl (C=O) groups excluding carboxylic acids is 1. The molecule has 0 atom stereocenters. The summed E-state index contributed by atoms with van der Waals surface area (Å²) >= 11 is 4.99. The lowest BCUT2D eigenvalue weighted by molar-refractivity contribution is 0.112. The highest BCUT2D eigenvalue weighted by molar-refractivity contribution is 7.71. The van der Waals surface area contributed by atoms with Gasteiger partial charge in [-0.2, -0.15) is 0 Å². The molecule has 0 N–H and O–H groups in total. The maximum Gasteiger partial charge on any atom is 0.264 e. The second kappa shape index (κ2) is 3.26. The summed E-state index contributed by atoms with van der Waals surface area (Å²) < 4.78 is 3.33. The van der Waals surface area contributed by atoms with E-state index in [2.05, 4.69) is 0 Å². The van der Waals surface area contributed by atoms with Crippen molar-refractivity contribution in [1.29, 1.82) is 0 Å². The van der Waals surface area contributed by atoms with Crippen LogP contribution >= 0.6 is 12.2 Å². The third kappa shape index (κ3) is 1.35. The van der Waals surface area contributed by atoms with E-state index in [0.29, 0.717) is 16.8 Å². The zero-order valence-electron chi connectivity index (χ0n) is 7.70. The van der Waals surface area contributed by atoms with Crippen LogP contribution in [0.2, 0.25) is 0 Å². The van der Waals surface area contributed by atoms with Gasteiger partial charge >= 0.3 is 0 Å². The van der Waals surface area contributed by atoms with Gasteiger partial charge < -0.3 is 4.57 Å². The van der Waals surface area contributed by atoms with Crippen LogP contribution in [0.4, 0.5) is 0 Å². The van der Waals surface area contributed by atoms with Gasteiger partial charge in [0.05, 0.1) is 5.56 Å². The van der Waals surface area contributed by atoms with Crippen LogP contribution in [0.25, 0.3) is 0 Å². The molecular weight excluding hydrogens is 188 g/mol. The highest BCUT2D eigenvalue weighted by atomic mass is 32.1. The number of aldehydes is 1. The van der Waals surface area contributed by atoms with Gasteiger partial charge in [0.25, 0.3) is 5.56 Å². The third-order valence-corrected chi connectivity index (χ3v) is 2.67. The van der Waals surface area contributed by atoms with Crippen LogP contribution in [0, 0.1) is 11.7 Å². The molecule has 0 saturated heterocycles. The van der Waals surface area contributed by atoms with Crippen LogP contribution in [0.5, 0.6) is 0 Å². The van der Waals surface area contributed by atoms with Crippen molar-refractivity contribution in [1.82, 2.24) is 9.13 Å². The molecule has 70 valence electrons. The molecule has 1 aromatic heterocycles. The van der Waals surface area contributed by atoms with Gasteiger partial charge in [-0.1, -0.05) is 0 Å². The van der Waals surface area contributed by atoms with Crippen LogP contribution < -0.4 is 5.56 Å². The molecule has 13 heavy (non-hydrogen) atoms. The van der Waals surface area contributed by atoms with E-state index >= 15 is 0 Å². The minimum Gasteiger partial charge on any atom is -0.325 e. The Bertz CT molecular complexity index is 470. The van der Waals surface area contributed by atoms with E-state index in [1.807, 2.05) is 0 Å². The lowest BCUT2D eigenvalue weighted by Gasteiger charge is -2.09. The smallest absolute Gasteiger partial charge is 0.264 e. The summed E-state index contributed by atoms with van der Waals surface area (Å²) in [7, 11) is 3.28. The summed E-state index contributed by atoms with van der Waals surface area (Å²) in [6, 6.07) is 0. The van der Waals surface area contributed by atoms with Gasteiger partial charge in [-0.3, -0.25) is 14.2 Å². The van der Waals surface area contributed by atoms with E-state index in [-0.39, 0.29) is 11.1 Å². The van der Waals surface area contributed by atoms with Crippen molar-refractivity contribution in [3.8, 4) is 0 Å². The molecule has 0 aliphatic carbocycles. The number of carbonyl (C=O) groups is 1. The summed E-state index contributed by atoms with van der Waals surface area (Å²) in [6.45, 7) is 1.70. The lowest BCUT2D eigenvalue weighted by Crippen LogP contribution is -2.27. The largest absolute Gasteiger partial charge is 0.325 e. The van der Waals surface area contributed by atoms with Crippen LogP contribution in [0.15, 0.2) is 4.79 Å². The second-order valence-corrected chi connectivity index (χ2v) is 3.19. The monoisotopic (exact) mass is 198 g/mol. The van der Waals surface area contributed by atoms with Crippen molar-refractivity contribution in [2.75, 3.05) is 0 Å². The van der Waals surface area contributed by atoms with Gasteiger partial charge in [0.1, 0.15) is 0 Å². The Morgan fingerprint density at radius 2 is 1.85 bits per heavy atom. The predicted molar refractivity (Wildman–Crippen MR) is 51.6 cm³/mol. The fourth-order valence-electron chi connectivity index (χ4n) is 1.11. The predicted octanol–water partition coefficient (Wildman–Crippen LogP) is 0.574. The zero-order valence-corrected chi connectivity index (χ0v) is 8.51. The first-order valence-electron chi connectivity index (χ1n) is 3.72. The lowest BCUT2D eigenvalue weighted by atomic mass is 10.2. The molecule has 4 nitrogen and oxygen atoms in total. The fourth-order valence-corrected chi connectivity index (χ4v) is 1.33. The molecule has 0 aromatic carbocycles. The van der Waals surface area contributed by atoms with E-state index in [9.17, 15) is 9.59 Å². The van der Waals surface area contributed by atoms with E-state index in [4.69, 9.17) is 12.2 Å². The quantitative estimate of drug-likeness (QED) is 0.489. The Labute approximate surface area is 80.4 Å². The van der Waals surface area contributed by atoms with E-state index in [1.165, 1.54) is 4.57 Å². The van der Waals surface area contributed by atoms with Crippen LogP contribution in [0.1, 0.15) is 16.1 Å². The second-order valence-electron chi connectivity index (χ2n) is 2.82. The summed E-state index contributed by atoms with van der Waals surface area (Å²) in [6.07, 6.45) is 0.562. The van der Waals surface area contributed by atoms with Crippen molar-refractivity contribution in [3.05, 3.63) is 26.4 Å². The standard InChI is InChI=1S/C8H10N2O2S/c1-5-6(4-11)7(12)10(3)8(13)9(5)2/h4H,1-3H3. The fraction of sp³-hybridized carbons (Fsp3) is 0.375. The summed E-state index contributed by atoms with van der Waals surface area (Å²) in [5.41, 5.74) is 0.428. The molecule has 0 radical (unpaired) electrons. The number of hydrogen-bond acceptors (Lipinski definition) is 3. The number of hydrogen-bond donors (Lipinski definition) is 0. The first-order chi connectivity index (χ1) is 6.00. The minimum atomic E-state index is -0.337. The van der Waals surface area contributed by atoms with Crippen LogP contribution in [-0.2, 0) is 14.1 Å². The van der Waals surface area contributed by atoms with Gasteiger partial charge in [-0.25, -0.2) is 0 Å². The Morgan fingerprint density at radius 1 is 1.31 bits per heavy atom. The van der Waals surface area contributed by atoms with Gasteiger partial charge in [-0.15, -0.1) is 0 Å². The van der Waals surface area contributed by atoms with Crippen molar-refractivity contribution >= 4 is 18.5 Å². The average molecular weight is 198 g/mol. The molecule has 1 aromatic rings. The third-order valence-electron chi connectivity index (χ3n) is 2.12. The van der Waals surface area contributed by atoms with E-state index in [1.54, 1.807) is 25.6 Å². The molecule has 0 aliphatic heterocycles. The molecule has 0 aliphatic rings. The molecule has 1 heterocycles. The first-order valence-corrected chi connectivity index (χ1v) is 4.13. The number of aromatic nitrogens is 2. The molecule has 0 fully saturated rings. The van der Waals surface area contributed by atoms with Gasteiger partial charge in [-0.05, 0) is 19.1 Å². The van der Waals surface area contributed by atoms with E-state index < -0.39 is 0 Å². The van der Waals surface area contributed by atoms with Crippen molar-refractivity contribution in [3.63, 3.8) is 0 Å². The number of rotatable bonds is 1. The van der Waals surface area contributed by atoms with Gasteiger partial charge in [0.2, 0.25) is 0 Å². The highest BCUT2D eigenvalue weighted by Crippen LogP contribution is 1.99. The van der Waals surface area contributed by atoms with Crippen molar-refractivity contribution < 1.29 is 4.79 Å². The first kappa shape index (κ1) is 9.85. The van der Waals surface area contributed by atoms with Crippen molar-refractivity contribution in [2.45, 2.75) is 6.92 Å². The molecular formula is C8H10N2O2S. The summed E-state index contributed by atoms with van der Waals surface area (Å²) in [5.74, 6) is 0. The molecule has 1 rings (SSSR count). The molecule has 0 bridgehead atoms. The zero-order chi connectivity index (χ0) is 10.2. The van der Waals surface area contributed by atoms with E-state index in [0.717, 1.165) is 0 Å². The molecule has 0 spiro atoms. The van der Waals surface area contributed by atoms with Gasteiger partial charge in [0, 0.05) is 19.8 Å². The Hall–Kier alpha value is -1.23. The summed E-state index contributed by atoms with van der Waals surface area (Å²) in [5, 5.41) is 0. The minimum absolute atomic E-state index is 0.165. The number of nitrogens with zero attached hydrogens (tertiary/aromatic N) is 2.